The third kappa shape index (κ3) is 3.28. The minimum Gasteiger partial charge on any atom is -0.143 e. The fraction of sp³-hybridized carbons (Fsp3) is 0.455. The van der Waals surface area contributed by atoms with E-state index in [-0.39, 0.29) is 10.8 Å². The van der Waals surface area contributed by atoms with Gasteiger partial charge in [-0.1, -0.05) is 39.8 Å². The number of rotatable bonds is 2. The number of allylic oxidation sites excluding steroid dienone is 1. The Morgan fingerprint density at radius 2 is 1.62 bits per heavy atom. The van der Waals surface area contributed by atoms with Gasteiger partial charge in [0.1, 0.15) is 0 Å². The van der Waals surface area contributed by atoms with Crippen LogP contribution in [0.2, 0.25) is 0 Å². The first-order valence-electron chi connectivity index (χ1n) is 8.68. The van der Waals surface area contributed by atoms with Gasteiger partial charge in [-0.25, -0.2) is 0 Å². The average molecular weight is 403 g/mol. The molecule has 2 heteroatoms. The topological polar surface area (TPSA) is 0 Å². The fourth-order valence-electron chi connectivity index (χ4n) is 3.84. The molecule has 0 saturated heterocycles. The van der Waals surface area contributed by atoms with Gasteiger partial charge in [-0.15, -0.1) is 11.3 Å². The van der Waals surface area contributed by atoms with Crippen molar-refractivity contribution in [2.75, 3.05) is 0 Å². The number of aryl methyl sites for hydroxylation is 1. The van der Waals surface area contributed by atoms with Gasteiger partial charge in [0, 0.05) is 14.7 Å². The second kappa shape index (κ2) is 6.14. The van der Waals surface area contributed by atoms with E-state index in [1.165, 1.54) is 34.4 Å². The first kappa shape index (κ1) is 17.9. The molecule has 0 spiro atoms. The van der Waals surface area contributed by atoms with Crippen LogP contribution in [0, 0.1) is 6.92 Å². The van der Waals surface area contributed by atoms with E-state index in [2.05, 4.69) is 87.1 Å². The van der Waals surface area contributed by atoms with Gasteiger partial charge in [0.2, 0.25) is 0 Å². The van der Waals surface area contributed by atoms with Crippen molar-refractivity contribution in [1.82, 2.24) is 0 Å². The summed E-state index contributed by atoms with van der Waals surface area (Å²) in [7, 11) is 0. The van der Waals surface area contributed by atoms with Gasteiger partial charge >= 0.3 is 0 Å². The van der Waals surface area contributed by atoms with Gasteiger partial charge in [0.05, 0.1) is 0 Å². The van der Waals surface area contributed by atoms with Crippen LogP contribution in [0.15, 0.2) is 28.1 Å². The molecule has 0 radical (unpaired) electrons. The van der Waals surface area contributed by atoms with Crippen LogP contribution < -0.4 is 0 Å². The molecule has 1 aliphatic carbocycles. The summed E-state index contributed by atoms with van der Waals surface area (Å²) in [4.78, 5) is 1.30. The lowest BCUT2D eigenvalue weighted by molar-refractivity contribution is 0.331. The fourth-order valence-corrected chi connectivity index (χ4v) is 5.28. The smallest absolute Gasteiger partial charge is 0.0288 e. The zero-order chi connectivity index (χ0) is 17.7. The highest BCUT2D eigenvalue weighted by Gasteiger charge is 2.37. The Morgan fingerprint density at radius 1 is 1.04 bits per heavy atom. The molecule has 1 heterocycles. The summed E-state index contributed by atoms with van der Waals surface area (Å²) in [6.07, 6.45) is 4.84. The predicted molar refractivity (Wildman–Crippen MR) is 112 cm³/mol. The number of hydrogen-bond donors (Lipinski definition) is 0. The van der Waals surface area contributed by atoms with Gasteiger partial charge in [-0.3, -0.25) is 0 Å². The normalized spacial score (nSPS) is 19.2. The number of thiophene rings is 1. The lowest BCUT2D eigenvalue weighted by Crippen LogP contribution is -2.34. The van der Waals surface area contributed by atoms with Crippen molar-refractivity contribution in [3.05, 3.63) is 55.2 Å². The van der Waals surface area contributed by atoms with Crippen LogP contribution in [0.25, 0.3) is 11.6 Å². The lowest BCUT2D eigenvalue weighted by atomic mass is 9.62. The summed E-state index contributed by atoms with van der Waals surface area (Å²) < 4.78 is 1.16. The third-order valence-corrected chi connectivity index (χ3v) is 7.21. The van der Waals surface area contributed by atoms with Crippen LogP contribution >= 0.6 is 27.3 Å². The first-order valence-corrected chi connectivity index (χ1v) is 10.4. The van der Waals surface area contributed by atoms with Crippen molar-refractivity contribution in [3.63, 3.8) is 0 Å². The molecule has 1 aromatic carbocycles. The Bertz CT molecular complexity index is 805. The van der Waals surface area contributed by atoms with Crippen molar-refractivity contribution in [2.45, 2.75) is 65.2 Å². The molecule has 0 N–H and O–H groups in total. The highest BCUT2D eigenvalue weighted by molar-refractivity contribution is 9.10. The molecule has 0 fully saturated rings. The van der Waals surface area contributed by atoms with E-state index in [4.69, 9.17) is 0 Å². The van der Waals surface area contributed by atoms with Crippen molar-refractivity contribution >= 4 is 38.9 Å². The van der Waals surface area contributed by atoms with E-state index >= 15 is 0 Å². The Hall–Kier alpha value is -0.860. The minimum atomic E-state index is 0.263. The Morgan fingerprint density at radius 3 is 2.17 bits per heavy atom. The highest BCUT2D eigenvalue weighted by atomic mass is 79.9. The standard InChI is InChI=1S/C22H27BrS/c1-14(9-17-11-16(23)13-24-17)18-12-20-19(10-15(18)2)21(3,4)7-8-22(20,5)6/h9-13H,7-8H2,1-6H3/b14-9+. The molecule has 3 rings (SSSR count). The molecule has 1 aliphatic rings. The Kier molecular flexibility index (Phi) is 4.59. The summed E-state index contributed by atoms with van der Waals surface area (Å²) in [6, 6.07) is 7.11. The molecule has 128 valence electrons. The van der Waals surface area contributed by atoms with Crippen LogP contribution in [-0.4, -0.2) is 0 Å². The zero-order valence-corrected chi connectivity index (χ0v) is 18.0. The second-order valence-corrected chi connectivity index (χ2v) is 10.3. The summed E-state index contributed by atoms with van der Waals surface area (Å²) in [6.45, 7) is 14.1. The SMILES string of the molecule is C/C(=C\c1cc(Br)cs1)c1cc2c(cc1C)C(C)(C)CCC2(C)C. The highest BCUT2D eigenvalue weighted by Crippen LogP contribution is 2.47. The third-order valence-electron chi connectivity index (χ3n) is 5.57. The van der Waals surface area contributed by atoms with Crippen LogP contribution in [0.5, 0.6) is 0 Å². The van der Waals surface area contributed by atoms with E-state index < -0.39 is 0 Å². The molecule has 0 nitrogen and oxygen atoms in total. The Balaban J connectivity index is 2.12. The summed E-state index contributed by atoms with van der Waals surface area (Å²) in [5, 5.41) is 2.14. The van der Waals surface area contributed by atoms with Crippen molar-refractivity contribution in [2.24, 2.45) is 0 Å². The molecular formula is C22H27BrS. The Labute approximate surface area is 159 Å². The van der Waals surface area contributed by atoms with Gasteiger partial charge in [-0.05, 0) is 93.4 Å². The van der Waals surface area contributed by atoms with E-state index in [0.717, 1.165) is 4.47 Å². The summed E-state index contributed by atoms with van der Waals surface area (Å²) >= 11 is 5.33. The van der Waals surface area contributed by atoms with E-state index in [0.29, 0.717) is 0 Å². The molecule has 1 aromatic heterocycles. The maximum atomic E-state index is 3.55. The van der Waals surface area contributed by atoms with Crippen molar-refractivity contribution in [3.8, 4) is 0 Å². The molecule has 0 atom stereocenters. The van der Waals surface area contributed by atoms with E-state index in [1.807, 2.05) is 0 Å². The van der Waals surface area contributed by atoms with Gasteiger partial charge < -0.3 is 0 Å². The second-order valence-electron chi connectivity index (χ2n) is 8.48. The van der Waals surface area contributed by atoms with E-state index in [9.17, 15) is 0 Å². The monoisotopic (exact) mass is 402 g/mol. The molecular weight excluding hydrogens is 376 g/mol. The van der Waals surface area contributed by atoms with Crippen LogP contribution in [0.3, 0.4) is 0 Å². The first-order chi connectivity index (χ1) is 11.1. The van der Waals surface area contributed by atoms with Gasteiger partial charge in [0.15, 0.2) is 0 Å². The summed E-state index contributed by atoms with van der Waals surface area (Å²) in [5.74, 6) is 0. The molecule has 0 saturated carbocycles. The quantitative estimate of drug-likeness (QED) is 0.481. The van der Waals surface area contributed by atoms with Gasteiger partial charge in [0.25, 0.3) is 0 Å². The maximum absolute atomic E-state index is 3.55. The van der Waals surface area contributed by atoms with Gasteiger partial charge in [-0.2, -0.15) is 0 Å². The molecule has 2 aromatic rings. The van der Waals surface area contributed by atoms with Crippen LogP contribution in [0.4, 0.5) is 0 Å². The number of halogens is 1. The largest absolute Gasteiger partial charge is 0.143 e. The van der Waals surface area contributed by atoms with Crippen molar-refractivity contribution < 1.29 is 0 Å². The zero-order valence-electron chi connectivity index (χ0n) is 15.6. The van der Waals surface area contributed by atoms with Crippen molar-refractivity contribution in [1.29, 1.82) is 0 Å². The molecule has 0 unspecified atom stereocenters. The van der Waals surface area contributed by atoms with E-state index in [1.54, 1.807) is 22.5 Å². The lowest BCUT2D eigenvalue weighted by Gasteiger charge is -2.42. The maximum Gasteiger partial charge on any atom is 0.0288 e. The number of benzene rings is 1. The average Bonchev–Trinajstić information content (AvgIpc) is 2.88. The molecule has 0 bridgehead atoms. The van der Waals surface area contributed by atoms with Crippen LogP contribution in [-0.2, 0) is 10.8 Å². The minimum absolute atomic E-state index is 0.263. The molecule has 0 aliphatic heterocycles. The summed E-state index contributed by atoms with van der Waals surface area (Å²) in [5.41, 5.74) is 7.77. The number of hydrogen-bond acceptors (Lipinski definition) is 1. The number of fused-ring (bicyclic) bond motifs is 1. The van der Waals surface area contributed by atoms with Crippen LogP contribution in [0.1, 0.15) is 74.6 Å². The molecule has 0 amide bonds. The molecule has 24 heavy (non-hydrogen) atoms. The predicted octanol–water partition coefficient (Wildman–Crippen LogP) is 7.73.